The highest BCUT2D eigenvalue weighted by atomic mass is 16.3. The smallest absolute Gasteiger partial charge is 0.252 e. The van der Waals surface area contributed by atoms with Gasteiger partial charge in [0, 0.05) is 44.8 Å². The van der Waals surface area contributed by atoms with Crippen LogP contribution < -0.4 is 26.2 Å². The molecule has 0 saturated heterocycles. The normalized spacial score (nSPS) is 14.0. The minimum atomic E-state index is -0.586. The van der Waals surface area contributed by atoms with E-state index in [1.807, 2.05) is 6.07 Å². The van der Waals surface area contributed by atoms with Crippen LogP contribution in [0.1, 0.15) is 80.5 Å². The molecular weight excluding hydrogens is 968 g/mol. The molecule has 384 valence electrons. The second-order valence-electron chi connectivity index (χ2n) is 24.5. The van der Waals surface area contributed by atoms with Crippen molar-refractivity contribution >= 4 is 79.2 Å². The third kappa shape index (κ3) is 7.14. The van der Waals surface area contributed by atoms with E-state index in [0.717, 1.165) is 44.4 Å². The molecule has 12 aromatic rings. The Hall–Kier alpha value is -9.12. The molecule has 0 N–H and O–H groups in total. The average Bonchev–Trinajstić information content (AvgIpc) is 3.98. The molecule has 2 aliphatic heterocycles. The van der Waals surface area contributed by atoms with Crippen molar-refractivity contribution in [2.45, 2.75) is 64.7 Å². The first kappa shape index (κ1) is 48.0. The number of aryl methyl sites for hydroxylation is 1. The Morgan fingerprint density at radius 2 is 0.963 bits per heavy atom. The molecule has 3 nitrogen and oxygen atoms in total. The summed E-state index contributed by atoms with van der Waals surface area (Å²) in [7, 11) is 0. The lowest BCUT2D eigenvalue weighted by Crippen LogP contribution is -2.61. The molecule has 0 atom stereocenters. The SMILES string of the molecule is Cc1cc2c3c(c1)N(c1ccc(C(C)(C)C)cc1-c1ccccc1)c1cc4c(cc1B3c1ccc(C(C)(C)C)cc1N2c1ccc(-c2cccc3oc5ccccc5c23)cc1)-c1ccccc1C4(c1ccccc1)c1ccccc1. The lowest BCUT2D eigenvalue weighted by atomic mass is 9.33. The Kier molecular flexibility index (Phi) is 10.6. The molecule has 80 heavy (non-hydrogen) atoms. The van der Waals surface area contributed by atoms with Crippen LogP contribution >= 0.6 is 0 Å². The van der Waals surface area contributed by atoms with E-state index in [-0.39, 0.29) is 17.5 Å². The number of para-hydroxylation sites is 1. The molecule has 15 rings (SSSR count). The fourth-order valence-corrected chi connectivity index (χ4v) is 13.9. The second kappa shape index (κ2) is 17.7. The quantitative estimate of drug-likeness (QED) is 0.155. The van der Waals surface area contributed by atoms with Crippen molar-refractivity contribution in [3.63, 3.8) is 0 Å². The predicted molar refractivity (Wildman–Crippen MR) is 338 cm³/mol. The van der Waals surface area contributed by atoms with Crippen LogP contribution in [-0.2, 0) is 16.2 Å². The summed E-state index contributed by atoms with van der Waals surface area (Å²) in [5.74, 6) is 0. The summed E-state index contributed by atoms with van der Waals surface area (Å²) in [5.41, 5.74) is 28.2. The predicted octanol–water partition coefficient (Wildman–Crippen LogP) is 18.3. The summed E-state index contributed by atoms with van der Waals surface area (Å²) < 4.78 is 6.40. The van der Waals surface area contributed by atoms with Crippen LogP contribution in [0.25, 0.3) is 55.3 Å². The standard InChI is InChI=1S/C76H61BN2O/c1-48-42-68-73-69(43-48)79(65-41-37-53(74(2,3)4)44-59(65)49-22-11-8-12-23-49)67-47-62-60(57-28-17-19-31-61(57)76(62,51-24-13-9-14-25-51)52-26-15-10-16-27-52)46-64(67)77(73)63-40-36-54(75(5,6)7)45-66(63)78(68)55-38-34-50(35-39-55)56-30-21-33-71-72(56)58-29-18-20-32-70(58)80-71/h8-47H,1-7H3. The summed E-state index contributed by atoms with van der Waals surface area (Å²) >= 11 is 0. The van der Waals surface area contributed by atoms with Crippen LogP contribution in [0.5, 0.6) is 0 Å². The Balaban J connectivity index is 1.04. The van der Waals surface area contributed by atoms with E-state index in [4.69, 9.17) is 4.42 Å². The zero-order valence-corrected chi connectivity index (χ0v) is 46.5. The summed E-state index contributed by atoms with van der Waals surface area (Å²) in [6.45, 7) is 16.2. The molecule has 1 aromatic heterocycles. The first-order valence-electron chi connectivity index (χ1n) is 28.4. The van der Waals surface area contributed by atoms with Gasteiger partial charge in [0.1, 0.15) is 11.2 Å². The van der Waals surface area contributed by atoms with Crippen molar-refractivity contribution < 1.29 is 4.42 Å². The summed E-state index contributed by atoms with van der Waals surface area (Å²) in [4.78, 5) is 5.23. The second-order valence-corrected chi connectivity index (χ2v) is 24.5. The molecule has 0 radical (unpaired) electrons. The van der Waals surface area contributed by atoms with Crippen molar-refractivity contribution in [2.24, 2.45) is 0 Å². The van der Waals surface area contributed by atoms with E-state index < -0.39 is 5.41 Å². The monoisotopic (exact) mass is 1030 g/mol. The number of furan rings is 1. The molecule has 3 heterocycles. The number of fused-ring (bicyclic) bond motifs is 10. The number of rotatable bonds is 6. The van der Waals surface area contributed by atoms with Gasteiger partial charge in [-0.25, -0.2) is 0 Å². The molecule has 0 spiro atoms. The Morgan fingerprint density at radius 1 is 0.388 bits per heavy atom. The maximum Gasteiger partial charge on any atom is 0.252 e. The molecule has 0 amide bonds. The highest BCUT2D eigenvalue weighted by Crippen LogP contribution is 2.58. The van der Waals surface area contributed by atoms with E-state index in [1.165, 1.54) is 100 Å². The van der Waals surface area contributed by atoms with Gasteiger partial charge in [0.2, 0.25) is 0 Å². The third-order valence-electron chi connectivity index (χ3n) is 17.7. The number of hydrogen-bond acceptors (Lipinski definition) is 3. The van der Waals surface area contributed by atoms with Gasteiger partial charge in [0.05, 0.1) is 11.1 Å². The fraction of sp³-hybridized carbons (Fsp3) is 0.132. The van der Waals surface area contributed by atoms with Crippen molar-refractivity contribution in [1.29, 1.82) is 0 Å². The summed E-state index contributed by atoms with van der Waals surface area (Å²) in [5, 5.41) is 2.28. The lowest BCUT2D eigenvalue weighted by molar-refractivity contribution is 0.590. The fourth-order valence-electron chi connectivity index (χ4n) is 13.9. The molecule has 11 aromatic carbocycles. The van der Waals surface area contributed by atoms with Crippen molar-refractivity contribution in [3.8, 4) is 33.4 Å². The number of benzene rings is 11. The highest BCUT2D eigenvalue weighted by molar-refractivity contribution is 7.00. The first-order valence-corrected chi connectivity index (χ1v) is 28.4. The van der Waals surface area contributed by atoms with Crippen molar-refractivity contribution in [3.05, 3.63) is 282 Å². The van der Waals surface area contributed by atoms with Gasteiger partial charge in [-0.3, -0.25) is 0 Å². The molecule has 0 bridgehead atoms. The van der Waals surface area contributed by atoms with Gasteiger partial charge in [0.15, 0.2) is 0 Å². The van der Waals surface area contributed by atoms with Gasteiger partial charge in [-0.1, -0.05) is 224 Å². The zero-order valence-electron chi connectivity index (χ0n) is 46.5. The van der Waals surface area contributed by atoms with E-state index in [9.17, 15) is 0 Å². The summed E-state index contributed by atoms with van der Waals surface area (Å²) in [6, 6.07) is 91.6. The van der Waals surface area contributed by atoms with Crippen LogP contribution in [0.3, 0.4) is 0 Å². The maximum absolute atomic E-state index is 6.40. The number of anilines is 6. The van der Waals surface area contributed by atoms with Gasteiger partial charge in [-0.2, -0.15) is 0 Å². The Labute approximate surface area is 470 Å². The van der Waals surface area contributed by atoms with Gasteiger partial charge in [-0.15, -0.1) is 0 Å². The number of nitrogens with zero attached hydrogens (tertiary/aromatic N) is 2. The molecular formula is C76H61BN2O. The summed E-state index contributed by atoms with van der Waals surface area (Å²) in [6.07, 6.45) is 0. The van der Waals surface area contributed by atoms with Gasteiger partial charge in [0.25, 0.3) is 6.71 Å². The van der Waals surface area contributed by atoms with E-state index >= 15 is 0 Å². The average molecular weight is 1030 g/mol. The molecule has 0 fully saturated rings. The lowest BCUT2D eigenvalue weighted by Gasteiger charge is -2.45. The highest BCUT2D eigenvalue weighted by Gasteiger charge is 2.50. The van der Waals surface area contributed by atoms with Crippen LogP contribution in [0.15, 0.2) is 247 Å². The van der Waals surface area contributed by atoms with Crippen molar-refractivity contribution in [2.75, 3.05) is 9.80 Å². The minimum Gasteiger partial charge on any atom is -0.456 e. The molecule has 0 unspecified atom stereocenters. The van der Waals surface area contributed by atoms with Gasteiger partial charge >= 0.3 is 0 Å². The molecule has 1 aliphatic carbocycles. The van der Waals surface area contributed by atoms with Crippen LogP contribution in [-0.4, -0.2) is 6.71 Å². The van der Waals surface area contributed by atoms with E-state index in [0.29, 0.717) is 0 Å². The van der Waals surface area contributed by atoms with Crippen LogP contribution in [0, 0.1) is 6.92 Å². The maximum atomic E-state index is 6.40. The van der Waals surface area contributed by atoms with E-state index in [1.54, 1.807) is 0 Å². The zero-order chi connectivity index (χ0) is 54.2. The molecule has 3 aliphatic rings. The third-order valence-corrected chi connectivity index (χ3v) is 17.7. The topological polar surface area (TPSA) is 19.6 Å². The minimum absolute atomic E-state index is 0.0719. The number of hydrogen-bond donors (Lipinski definition) is 0. The Bertz CT molecular complexity index is 4410. The van der Waals surface area contributed by atoms with Crippen molar-refractivity contribution in [1.82, 2.24) is 0 Å². The molecule has 0 saturated carbocycles. The largest absolute Gasteiger partial charge is 0.456 e. The van der Waals surface area contributed by atoms with Gasteiger partial charge < -0.3 is 14.2 Å². The first-order chi connectivity index (χ1) is 38.9. The van der Waals surface area contributed by atoms with E-state index in [2.05, 4.69) is 295 Å². The van der Waals surface area contributed by atoms with Gasteiger partial charge in [-0.05, 0) is 162 Å². The molecule has 4 heteroatoms. The Morgan fingerprint density at radius 3 is 1.68 bits per heavy atom. The van der Waals surface area contributed by atoms with Crippen LogP contribution in [0.4, 0.5) is 34.1 Å². The van der Waals surface area contributed by atoms with Crippen LogP contribution in [0.2, 0.25) is 0 Å².